The second kappa shape index (κ2) is 15.2. The summed E-state index contributed by atoms with van der Waals surface area (Å²) >= 11 is 0. The van der Waals surface area contributed by atoms with Crippen molar-refractivity contribution in [3.8, 4) is 5.75 Å². The van der Waals surface area contributed by atoms with Crippen LogP contribution in [-0.2, 0) is 39.2 Å². The molecular formula is C35H39N3O5S. The van der Waals surface area contributed by atoms with Crippen molar-refractivity contribution in [2.24, 2.45) is 0 Å². The van der Waals surface area contributed by atoms with Crippen molar-refractivity contribution in [1.29, 1.82) is 0 Å². The van der Waals surface area contributed by atoms with Gasteiger partial charge in [0.2, 0.25) is 21.8 Å². The van der Waals surface area contributed by atoms with Crippen LogP contribution in [0, 0.1) is 0 Å². The van der Waals surface area contributed by atoms with Crippen LogP contribution in [-0.4, -0.2) is 50.0 Å². The fourth-order valence-electron chi connectivity index (χ4n) is 4.78. The van der Waals surface area contributed by atoms with Gasteiger partial charge in [-0.2, -0.15) is 0 Å². The Morgan fingerprint density at radius 1 is 0.750 bits per heavy atom. The van der Waals surface area contributed by atoms with Gasteiger partial charge in [-0.05, 0) is 54.8 Å². The molecule has 0 heterocycles. The summed E-state index contributed by atoms with van der Waals surface area (Å²) in [5, 5.41) is 2.95. The molecule has 0 aliphatic rings. The first-order valence-corrected chi connectivity index (χ1v) is 16.4. The first kappa shape index (κ1) is 32.3. The zero-order valence-corrected chi connectivity index (χ0v) is 26.1. The quantitative estimate of drug-likeness (QED) is 0.211. The van der Waals surface area contributed by atoms with Crippen LogP contribution in [0.15, 0.2) is 115 Å². The number of nitrogens with one attached hydrogen (secondary N) is 1. The molecule has 9 heteroatoms. The molecular weight excluding hydrogens is 574 g/mol. The van der Waals surface area contributed by atoms with Crippen LogP contribution in [0.2, 0.25) is 0 Å². The predicted molar refractivity (Wildman–Crippen MR) is 174 cm³/mol. The third-order valence-corrected chi connectivity index (χ3v) is 8.09. The highest BCUT2D eigenvalue weighted by atomic mass is 32.2. The lowest BCUT2D eigenvalue weighted by molar-refractivity contribution is -0.140. The van der Waals surface area contributed by atoms with E-state index >= 15 is 0 Å². The van der Waals surface area contributed by atoms with Crippen LogP contribution in [0.3, 0.4) is 0 Å². The molecule has 8 nitrogen and oxygen atoms in total. The maximum absolute atomic E-state index is 14.1. The number of hydrogen-bond acceptors (Lipinski definition) is 5. The lowest BCUT2D eigenvalue weighted by Crippen LogP contribution is -2.54. The molecule has 4 aromatic carbocycles. The van der Waals surface area contributed by atoms with Gasteiger partial charge in [0.05, 0.1) is 11.9 Å². The van der Waals surface area contributed by atoms with E-state index in [2.05, 4.69) is 5.32 Å². The smallest absolute Gasteiger partial charge is 0.244 e. The van der Waals surface area contributed by atoms with Crippen LogP contribution in [0.25, 0.3) is 0 Å². The van der Waals surface area contributed by atoms with Crippen LogP contribution in [0.1, 0.15) is 30.5 Å². The molecule has 0 fully saturated rings. The van der Waals surface area contributed by atoms with E-state index in [1.165, 1.54) is 4.90 Å². The number of rotatable bonds is 14. The Bertz CT molecular complexity index is 1600. The zero-order valence-electron chi connectivity index (χ0n) is 25.3. The highest BCUT2D eigenvalue weighted by molar-refractivity contribution is 7.92. The summed E-state index contributed by atoms with van der Waals surface area (Å²) in [6.45, 7) is 3.74. The number of hydrogen-bond donors (Lipinski definition) is 1. The Morgan fingerprint density at radius 2 is 1.27 bits per heavy atom. The standard InChI is InChI=1S/C35H39N3O5S/c1-27(2)36-35(40)33(23-28-13-7-4-8-14-28)37(24-29-15-9-5-10-16-29)34(39)25-38(44(3,41)42)31-19-21-32(22-20-31)43-26-30-17-11-6-12-18-30/h4-22,27,33H,23-26H2,1-3H3,(H,36,40)/t33-/m0/s1. The van der Waals surface area contributed by atoms with Gasteiger partial charge in [0.25, 0.3) is 0 Å². The second-order valence-electron chi connectivity index (χ2n) is 10.9. The largest absolute Gasteiger partial charge is 0.489 e. The summed E-state index contributed by atoms with van der Waals surface area (Å²) in [4.78, 5) is 29.2. The topological polar surface area (TPSA) is 96.0 Å². The minimum atomic E-state index is -3.87. The number of nitrogens with zero attached hydrogens (tertiary/aromatic N) is 2. The molecule has 0 aliphatic heterocycles. The van der Waals surface area contributed by atoms with E-state index in [-0.39, 0.29) is 24.9 Å². The number of anilines is 1. The highest BCUT2D eigenvalue weighted by Gasteiger charge is 2.33. The molecule has 4 rings (SSSR count). The lowest BCUT2D eigenvalue weighted by atomic mass is 10.0. The van der Waals surface area contributed by atoms with Crippen molar-refractivity contribution >= 4 is 27.5 Å². The van der Waals surface area contributed by atoms with Crippen LogP contribution in [0.4, 0.5) is 5.69 Å². The Kier molecular flexibility index (Phi) is 11.2. The van der Waals surface area contributed by atoms with E-state index in [0.717, 1.165) is 27.3 Å². The molecule has 1 N–H and O–H groups in total. The summed E-state index contributed by atoms with van der Waals surface area (Å²) in [5.41, 5.74) is 3.03. The van der Waals surface area contributed by atoms with Gasteiger partial charge in [-0.25, -0.2) is 8.42 Å². The Balaban J connectivity index is 1.62. The fraction of sp³-hybridized carbons (Fsp3) is 0.257. The fourth-order valence-corrected chi connectivity index (χ4v) is 5.63. The van der Waals surface area contributed by atoms with Crippen LogP contribution >= 0.6 is 0 Å². The monoisotopic (exact) mass is 613 g/mol. The number of benzene rings is 4. The molecule has 0 saturated heterocycles. The van der Waals surface area contributed by atoms with Gasteiger partial charge >= 0.3 is 0 Å². The summed E-state index contributed by atoms with van der Waals surface area (Å²) < 4.78 is 33.0. The van der Waals surface area contributed by atoms with E-state index in [0.29, 0.717) is 18.0 Å². The molecule has 0 saturated carbocycles. The number of carbonyl (C=O) groups is 2. The van der Waals surface area contributed by atoms with Crippen molar-refractivity contribution in [1.82, 2.24) is 10.2 Å². The first-order valence-electron chi connectivity index (χ1n) is 14.5. The maximum atomic E-state index is 14.1. The molecule has 0 aromatic heterocycles. The minimum Gasteiger partial charge on any atom is -0.489 e. The molecule has 4 aromatic rings. The van der Waals surface area contributed by atoms with Gasteiger partial charge in [-0.3, -0.25) is 13.9 Å². The van der Waals surface area contributed by atoms with Crippen molar-refractivity contribution in [2.45, 2.75) is 45.5 Å². The average molecular weight is 614 g/mol. The van der Waals surface area contributed by atoms with Crippen LogP contribution < -0.4 is 14.4 Å². The van der Waals surface area contributed by atoms with Gasteiger partial charge in [-0.15, -0.1) is 0 Å². The van der Waals surface area contributed by atoms with Crippen molar-refractivity contribution in [3.63, 3.8) is 0 Å². The average Bonchev–Trinajstić information content (AvgIpc) is 3.01. The summed E-state index contributed by atoms with van der Waals surface area (Å²) in [6.07, 6.45) is 1.33. The minimum absolute atomic E-state index is 0.132. The Labute approximate surface area is 260 Å². The van der Waals surface area contributed by atoms with Gasteiger partial charge in [0.1, 0.15) is 24.9 Å². The SMILES string of the molecule is CC(C)NC(=O)[C@H](Cc1ccccc1)N(Cc1ccccc1)C(=O)CN(c1ccc(OCc2ccccc2)cc1)S(C)(=O)=O. The van der Waals surface area contributed by atoms with E-state index in [1.807, 2.05) is 105 Å². The molecule has 230 valence electrons. The number of ether oxygens (including phenoxy) is 1. The lowest BCUT2D eigenvalue weighted by Gasteiger charge is -2.34. The number of sulfonamides is 1. The van der Waals surface area contributed by atoms with Gasteiger partial charge in [0, 0.05) is 19.0 Å². The molecule has 0 radical (unpaired) electrons. The maximum Gasteiger partial charge on any atom is 0.244 e. The number of amides is 2. The summed E-state index contributed by atoms with van der Waals surface area (Å²) in [7, 11) is -3.87. The molecule has 1 atom stereocenters. The third-order valence-electron chi connectivity index (χ3n) is 6.95. The van der Waals surface area contributed by atoms with E-state index in [4.69, 9.17) is 4.74 Å². The molecule has 0 unspecified atom stereocenters. The second-order valence-corrected chi connectivity index (χ2v) is 12.8. The molecule has 44 heavy (non-hydrogen) atoms. The van der Waals surface area contributed by atoms with Gasteiger partial charge in [-0.1, -0.05) is 91.0 Å². The summed E-state index contributed by atoms with van der Waals surface area (Å²) in [5.74, 6) is -0.237. The Morgan fingerprint density at radius 3 is 1.80 bits per heavy atom. The Hall–Kier alpha value is -4.63. The van der Waals surface area contributed by atoms with Crippen molar-refractivity contribution in [2.75, 3.05) is 17.1 Å². The summed E-state index contributed by atoms with van der Waals surface area (Å²) in [6, 6.07) is 34.1. The molecule has 0 aliphatic carbocycles. The van der Waals surface area contributed by atoms with Crippen molar-refractivity contribution in [3.05, 3.63) is 132 Å². The van der Waals surface area contributed by atoms with Gasteiger partial charge in [0.15, 0.2) is 0 Å². The predicted octanol–water partition coefficient (Wildman–Crippen LogP) is 5.20. The van der Waals surface area contributed by atoms with E-state index in [9.17, 15) is 18.0 Å². The normalized spacial score (nSPS) is 11.9. The third kappa shape index (κ3) is 9.44. The van der Waals surface area contributed by atoms with E-state index < -0.39 is 28.5 Å². The molecule has 2 amide bonds. The first-order chi connectivity index (χ1) is 21.1. The van der Waals surface area contributed by atoms with E-state index in [1.54, 1.807) is 24.3 Å². The van der Waals surface area contributed by atoms with Crippen LogP contribution in [0.5, 0.6) is 5.75 Å². The number of carbonyl (C=O) groups excluding carboxylic acids is 2. The highest BCUT2D eigenvalue weighted by Crippen LogP contribution is 2.24. The van der Waals surface area contributed by atoms with Gasteiger partial charge < -0.3 is 15.0 Å². The van der Waals surface area contributed by atoms with Crippen molar-refractivity contribution < 1.29 is 22.7 Å². The molecule has 0 spiro atoms. The molecule has 0 bridgehead atoms. The zero-order chi connectivity index (χ0) is 31.5.